The second-order valence-corrected chi connectivity index (χ2v) is 14.0. The molecule has 5 nitrogen and oxygen atoms in total. The van der Waals surface area contributed by atoms with E-state index in [9.17, 15) is 0 Å². The van der Waals surface area contributed by atoms with E-state index in [1.165, 1.54) is 16.3 Å². The third-order valence-corrected chi connectivity index (χ3v) is 10.6. The van der Waals surface area contributed by atoms with Crippen LogP contribution in [0.4, 0.5) is 0 Å². The van der Waals surface area contributed by atoms with Crippen molar-refractivity contribution in [2.45, 2.75) is 13.3 Å². The molecule has 0 aliphatic heterocycles. The predicted molar refractivity (Wildman–Crippen MR) is 230 cm³/mol. The van der Waals surface area contributed by atoms with Gasteiger partial charge in [-0.1, -0.05) is 146 Å². The molecule has 0 spiro atoms. The van der Waals surface area contributed by atoms with Gasteiger partial charge in [-0.3, -0.25) is 4.98 Å². The second kappa shape index (κ2) is 14.1. The maximum atomic E-state index is 5.32. The van der Waals surface area contributed by atoms with Gasteiger partial charge in [0, 0.05) is 51.0 Å². The van der Waals surface area contributed by atoms with E-state index in [0.717, 1.165) is 89.9 Å². The lowest BCUT2D eigenvalue weighted by molar-refractivity contribution is 1.15. The second-order valence-electron chi connectivity index (χ2n) is 14.0. The summed E-state index contributed by atoms with van der Waals surface area (Å²) in [5, 5.41) is 4.64. The van der Waals surface area contributed by atoms with Crippen molar-refractivity contribution in [3.05, 3.63) is 188 Å². The Bertz CT molecular complexity index is 2970. The molecule has 4 aromatic heterocycles. The van der Waals surface area contributed by atoms with Gasteiger partial charge in [0.25, 0.3) is 0 Å². The molecule has 10 rings (SSSR count). The number of rotatable bonds is 7. The van der Waals surface area contributed by atoms with Crippen LogP contribution in [0.3, 0.4) is 0 Å². The van der Waals surface area contributed by atoms with Crippen LogP contribution in [0.25, 0.3) is 100 Å². The fraction of sp³-hybridized carbons (Fsp3) is 0.0392. The molecule has 56 heavy (non-hydrogen) atoms. The molecule has 0 aliphatic carbocycles. The highest BCUT2D eigenvalue weighted by molar-refractivity contribution is 6.06. The zero-order valence-corrected chi connectivity index (χ0v) is 30.8. The number of aromatic nitrogens is 5. The SMILES string of the molecule is CCc1cc(-c2cccc3ccccc23)nc2c1ccc1ccc(-c3ccc(-c4ccc(-c5nc(-c6ccccc6)cc(-c6cccnc6)n5)cc4)cc3)nc12. The van der Waals surface area contributed by atoms with E-state index in [-0.39, 0.29) is 0 Å². The van der Waals surface area contributed by atoms with Crippen LogP contribution in [0, 0.1) is 0 Å². The highest BCUT2D eigenvalue weighted by atomic mass is 14.9. The third kappa shape index (κ3) is 6.15. The van der Waals surface area contributed by atoms with E-state index in [4.69, 9.17) is 19.9 Å². The monoisotopic (exact) mass is 717 g/mol. The van der Waals surface area contributed by atoms with Crippen LogP contribution in [0.5, 0.6) is 0 Å². The summed E-state index contributed by atoms with van der Waals surface area (Å²) in [4.78, 5) is 24.9. The number of fused-ring (bicyclic) bond motifs is 4. The van der Waals surface area contributed by atoms with Gasteiger partial charge in [-0.05, 0) is 64.2 Å². The first-order valence-electron chi connectivity index (χ1n) is 19.0. The summed E-state index contributed by atoms with van der Waals surface area (Å²) >= 11 is 0. The smallest absolute Gasteiger partial charge is 0.160 e. The standard InChI is InChI=1S/C51H35N5/c1-2-33-30-48(44-16-8-13-36-10-6-7-15-42(36)44)54-50-43(33)27-25-39-26-28-45(53-49(39)50)38-21-17-34(18-22-38)35-19-23-40(24-20-35)51-55-46(37-11-4-3-5-12-37)31-47(56-51)41-14-9-29-52-32-41/h3-32H,2H2,1H3. The first-order chi connectivity index (χ1) is 27.7. The van der Waals surface area contributed by atoms with Crippen molar-refractivity contribution in [3.63, 3.8) is 0 Å². The van der Waals surface area contributed by atoms with E-state index >= 15 is 0 Å². The summed E-state index contributed by atoms with van der Waals surface area (Å²) in [6.07, 6.45) is 4.52. The Morgan fingerprint density at radius 2 is 1.04 bits per heavy atom. The first-order valence-corrected chi connectivity index (χ1v) is 19.0. The summed E-state index contributed by atoms with van der Waals surface area (Å²) in [7, 11) is 0. The minimum Gasteiger partial charge on any atom is -0.264 e. The van der Waals surface area contributed by atoms with Gasteiger partial charge in [-0.15, -0.1) is 0 Å². The average Bonchev–Trinajstić information content (AvgIpc) is 3.28. The Labute approximate surface area is 325 Å². The highest BCUT2D eigenvalue weighted by Gasteiger charge is 2.15. The summed E-state index contributed by atoms with van der Waals surface area (Å²) in [5.74, 6) is 0.673. The Morgan fingerprint density at radius 3 is 1.80 bits per heavy atom. The maximum absolute atomic E-state index is 5.32. The molecule has 0 fully saturated rings. The van der Waals surface area contributed by atoms with Crippen molar-refractivity contribution < 1.29 is 0 Å². The number of hydrogen-bond donors (Lipinski definition) is 0. The Morgan fingerprint density at radius 1 is 0.393 bits per heavy atom. The van der Waals surface area contributed by atoms with Crippen molar-refractivity contribution in [1.82, 2.24) is 24.9 Å². The van der Waals surface area contributed by atoms with Gasteiger partial charge in [0.05, 0.1) is 33.8 Å². The van der Waals surface area contributed by atoms with Crippen LogP contribution < -0.4 is 0 Å². The van der Waals surface area contributed by atoms with Gasteiger partial charge in [-0.25, -0.2) is 19.9 Å². The van der Waals surface area contributed by atoms with Crippen LogP contribution in [0.1, 0.15) is 12.5 Å². The van der Waals surface area contributed by atoms with Gasteiger partial charge in [0.15, 0.2) is 5.82 Å². The van der Waals surface area contributed by atoms with E-state index in [0.29, 0.717) is 5.82 Å². The molecular formula is C51H35N5. The zero-order chi connectivity index (χ0) is 37.4. The third-order valence-electron chi connectivity index (χ3n) is 10.6. The van der Waals surface area contributed by atoms with Gasteiger partial charge in [0.2, 0.25) is 0 Å². The van der Waals surface area contributed by atoms with Crippen LogP contribution in [-0.4, -0.2) is 24.9 Å². The number of benzene rings is 6. The van der Waals surface area contributed by atoms with Crippen LogP contribution in [-0.2, 0) is 6.42 Å². The number of pyridine rings is 3. The van der Waals surface area contributed by atoms with Gasteiger partial charge >= 0.3 is 0 Å². The molecule has 0 bridgehead atoms. The Hall–Kier alpha value is -7.37. The molecule has 0 saturated heterocycles. The van der Waals surface area contributed by atoms with E-state index < -0.39 is 0 Å². The average molecular weight is 718 g/mol. The molecule has 264 valence electrons. The normalized spacial score (nSPS) is 11.4. The molecule has 0 saturated carbocycles. The van der Waals surface area contributed by atoms with Crippen LogP contribution >= 0.6 is 0 Å². The lowest BCUT2D eigenvalue weighted by Crippen LogP contribution is -1.96. The van der Waals surface area contributed by atoms with E-state index in [1.54, 1.807) is 6.20 Å². The molecule has 0 atom stereocenters. The molecule has 0 aliphatic rings. The molecule has 4 heterocycles. The van der Waals surface area contributed by atoms with Crippen molar-refractivity contribution in [2.24, 2.45) is 0 Å². The molecule has 5 heteroatoms. The van der Waals surface area contributed by atoms with Crippen molar-refractivity contribution in [2.75, 3.05) is 0 Å². The molecule has 0 unspecified atom stereocenters. The van der Waals surface area contributed by atoms with Crippen LogP contribution in [0.2, 0.25) is 0 Å². The quantitative estimate of drug-likeness (QED) is 0.154. The molecular weight excluding hydrogens is 683 g/mol. The lowest BCUT2D eigenvalue weighted by Gasteiger charge is -2.13. The fourth-order valence-electron chi connectivity index (χ4n) is 7.62. The summed E-state index contributed by atoms with van der Waals surface area (Å²) in [5.41, 5.74) is 14.1. The topological polar surface area (TPSA) is 64.5 Å². The zero-order valence-electron chi connectivity index (χ0n) is 30.8. The highest BCUT2D eigenvalue weighted by Crippen LogP contribution is 2.35. The maximum Gasteiger partial charge on any atom is 0.160 e. The molecule has 6 aromatic carbocycles. The Balaban J connectivity index is 0.981. The predicted octanol–water partition coefficient (Wildman–Crippen LogP) is 12.7. The molecule has 10 aromatic rings. The summed E-state index contributed by atoms with van der Waals surface area (Å²) in [6, 6.07) is 59.2. The van der Waals surface area contributed by atoms with Gasteiger partial charge < -0.3 is 0 Å². The van der Waals surface area contributed by atoms with Gasteiger partial charge in [-0.2, -0.15) is 0 Å². The van der Waals surface area contributed by atoms with E-state index in [2.05, 4.69) is 145 Å². The largest absolute Gasteiger partial charge is 0.264 e. The lowest BCUT2D eigenvalue weighted by atomic mass is 9.97. The van der Waals surface area contributed by atoms with Crippen molar-refractivity contribution in [1.29, 1.82) is 0 Å². The number of hydrogen-bond acceptors (Lipinski definition) is 5. The van der Waals surface area contributed by atoms with E-state index in [1.807, 2.05) is 42.6 Å². The molecule has 0 radical (unpaired) electrons. The minimum absolute atomic E-state index is 0.673. The minimum atomic E-state index is 0.673. The van der Waals surface area contributed by atoms with Crippen molar-refractivity contribution >= 4 is 32.6 Å². The first kappa shape index (κ1) is 33.2. The fourth-order valence-corrected chi connectivity index (χ4v) is 7.62. The number of nitrogens with zero attached hydrogens (tertiary/aromatic N) is 5. The van der Waals surface area contributed by atoms with Crippen molar-refractivity contribution in [3.8, 4) is 67.5 Å². The molecule has 0 amide bonds. The Kier molecular flexibility index (Phi) is 8.38. The number of aryl methyl sites for hydroxylation is 1. The van der Waals surface area contributed by atoms with Gasteiger partial charge in [0.1, 0.15) is 0 Å². The summed E-state index contributed by atoms with van der Waals surface area (Å²) in [6.45, 7) is 2.21. The molecule has 0 N–H and O–H groups in total. The summed E-state index contributed by atoms with van der Waals surface area (Å²) < 4.78 is 0. The van der Waals surface area contributed by atoms with Crippen LogP contribution in [0.15, 0.2) is 182 Å².